The number of carbonyl (C=O) groups is 1. The summed E-state index contributed by atoms with van der Waals surface area (Å²) in [4.78, 5) is 35.5. The SMILES string of the molecule is CC(C)Cc1ccc2c(c1CC(C)C)N(C(=O)CP(=O)(O)O)c1ccccc1S2. The van der Waals surface area contributed by atoms with E-state index in [1.165, 1.54) is 5.56 Å². The molecule has 156 valence electrons. The predicted molar refractivity (Wildman–Crippen MR) is 118 cm³/mol. The number of fused-ring (bicyclic) bond motifs is 2. The highest BCUT2D eigenvalue weighted by Crippen LogP contribution is 2.51. The van der Waals surface area contributed by atoms with Gasteiger partial charge in [0.05, 0.1) is 11.4 Å². The summed E-state index contributed by atoms with van der Waals surface area (Å²) < 4.78 is 11.6. The van der Waals surface area contributed by atoms with Crippen molar-refractivity contribution < 1.29 is 19.1 Å². The van der Waals surface area contributed by atoms with Crippen molar-refractivity contribution in [3.05, 3.63) is 47.5 Å². The van der Waals surface area contributed by atoms with E-state index in [1.807, 2.05) is 30.3 Å². The lowest BCUT2D eigenvalue weighted by atomic mass is 9.90. The molecular formula is C22H28NO4PS. The molecule has 7 heteroatoms. The van der Waals surface area contributed by atoms with Crippen molar-refractivity contribution in [2.24, 2.45) is 11.8 Å². The normalized spacial score (nSPS) is 13.6. The molecular weight excluding hydrogens is 405 g/mol. The minimum atomic E-state index is -4.49. The first kappa shape index (κ1) is 22.1. The topological polar surface area (TPSA) is 77.8 Å². The first-order chi connectivity index (χ1) is 13.6. The average molecular weight is 434 g/mol. The summed E-state index contributed by atoms with van der Waals surface area (Å²) in [5.74, 6) is 0.272. The van der Waals surface area contributed by atoms with Crippen LogP contribution in [0.4, 0.5) is 11.4 Å². The minimum Gasteiger partial charge on any atom is -0.324 e. The molecule has 1 aliphatic heterocycles. The molecule has 0 saturated heterocycles. The zero-order chi connectivity index (χ0) is 21.3. The van der Waals surface area contributed by atoms with E-state index < -0.39 is 19.7 Å². The van der Waals surface area contributed by atoms with Crippen LogP contribution in [0.3, 0.4) is 0 Å². The molecule has 0 unspecified atom stereocenters. The molecule has 29 heavy (non-hydrogen) atoms. The van der Waals surface area contributed by atoms with Crippen LogP contribution in [0.15, 0.2) is 46.2 Å². The van der Waals surface area contributed by atoms with Gasteiger partial charge in [-0.3, -0.25) is 14.3 Å². The Labute approximate surface area is 176 Å². The number of rotatable bonds is 6. The molecule has 1 amide bonds. The van der Waals surface area contributed by atoms with Gasteiger partial charge in [0.15, 0.2) is 0 Å². The van der Waals surface area contributed by atoms with Gasteiger partial charge in [-0.2, -0.15) is 0 Å². The molecule has 0 bridgehead atoms. The lowest BCUT2D eigenvalue weighted by Gasteiger charge is -2.34. The molecule has 0 atom stereocenters. The van der Waals surface area contributed by atoms with Crippen LogP contribution in [0.25, 0.3) is 0 Å². The molecule has 0 fully saturated rings. The minimum absolute atomic E-state index is 0.383. The fourth-order valence-corrected chi connectivity index (χ4v) is 5.31. The molecule has 1 aliphatic rings. The van der Waals surface area contributed by atoms with Crippen molar-refractivity contribution in [2.45, 2.75) is 50.3 Å². The maximum absolute atomic E-state index is 13.1. The number of benzene rings is 2. The summed E-state index contributed by atoms with van der Waals surface area (Å²) in [6, 6.07) is 11.7. The van der Waals surface area contributed by atoms with E-state index in [2.05, 4.69) is 33.8 Å². The number of anilines is 2. The highest BCUT2D eigenvalue weighted by Gasteiger charge is 2.34. The van der Waals surface area contributed by atoms with Gasteiger partial charge in [-0.05, 0) is 54.0 Å². The molecule has 0 spiro atoms. The molecule has 3 rings (SSSR count). The number of carbonyl (C=O) groups excluding carboxylic acids is 1. The Morgan fingerprint density at radius 1 is 1.00 bits per heavy atom. The molecule has 2 aromatic rings. The van der Waals surface area contributed by atoms with Crippen LogP contribution in [-0.2, 0) is 22.2 Å². The Morgan fingerprint density at radius 3 is 2.28 bits per heavy atom. The van der Waals surface area contributed by atoms with Crippen LogP contribution in [0, 0.1) is 11.8 Å². The zero-order valence-corrected chi connectivity index (χ0v) is 19.0. The number of amides is 1. The Hall–Kier alpha value is -1.59. The van der Waals surface area contributed by atoms with Gasteiger partial charge in [0, 0.05) is 9.79 Å². The quantitative estimate of drug-likeness (QED) is 0.597. The van der Waals surface area contributed by atoms with Crippen LogP contribution < -0.4 is 4.90 Å². The molecule has 2 aromatic carbocycles. The van der Waals surface area contributed by atoms with Gasteiger partial charge in [-0.25, -0.2) is 0 Å². The average Bonchev–Trinajstić information content (AvgIpc) is 2.59. The van der Waals surface area contributed by atoms with Gasteiger partial charge in [0.25, 0.3) is 0 Å². The number of hydrogen-bond donors (Lipinski definition) is 2. The molecule has 0 saturated carbocycles. The molecule has 0 radical (unpaired) electrons. The second-order valence-corrected chi connectivity index (χ2v) is 11.1. The molecule has 0 aliphatic carbocycles. The summed E-state index contributed by atoms with van der Waals surface area (Å²) in [7, 11) is -4.49. The smallest absolute Gasteiger partial charge is 0.324 e. The second-order valence-electron chi connectivity index (χ2n) is 8.37. The summed E-state index contributed by atoms with van der Waals surface area (Å²) in [6.45, 7) is 8.62. The van der Waals surface area contributed by atoms with Gasteiger partial charge >= 0.3 is 7.60 Å². The van der Waals surface area contributed by atoms with Crippen molar-refractivity contribution >= 4 is 36.6 Å². The number of para-hydroxylation sites is 1. The van der Waals surface area contributed by atoms with Crippen molar-refractivity contribution in [1.82, 2.24) is 0 Å². The molecule has 2 N–H and O–H groups in total. The molecule has 5 nitrogen and oxygen atoms in total. The Bertz CT molecular complexity index is 967. The standard InChI is InChI=1S/C22H28NO4PS/c1-14(2)11-16-9-10-20-22(17(16)12-15(3)4)23(21(24)13-28(25,26)27)18-7-5-6-8-19(18)29-20/h5-10,14-15H,11-13H2,1-4H3,(H2,25,26,27). The van der Waals surface area contributed by atoms with E-state index in [1.54, 1.807) is 16.7 Å². The van der Waals surface area contributed by atoms with E-state index in [4.69, 9.17) is 0 Å². The lowest BCUT2D eigenvalue weighted by molar-refractivity contribution is -0.115. The van der Waals surface area contributed by atoms with Crippen LogP contribution in [0.5, 0.6) is 0 Å². The fraction of sp³-hybridized carbons (Fsp3) is 0.409. The zero-order valence-electron chi connectivity index (χ0n) is 17.3. The van der Waals surface area contributed by atoms with Crippen molar-refractivity contribution in [2.75, 3.05) is 11.1 Å². The Kier molecular flexibility index (Phi) is 6.59. The summed E-state index contributed by atoms with van der Waals surface area (Å²) in [6.07, 6.45) is 0.886. The Balaban J connectivity index is 2.23. The van der Waals surface area contributed by atoms with Gasteiger partial charge in [-0.1, -0.05) is 57.7 Å². The summed E-state index contributed by atoms with van der Waals surface area (Å²) >= 11 is 1.60. The highest BCUT2D eigenvalue weighted by molar-refractivity contribution is 7.99. The third-order valence-electron chi connectivity index (χ3n) is 4.72. The summed E-state index contributed by atoms with van der Waals surface area (Å²) in [5.41, 5.74) is 3.78. The molecule has 1 heterocycles. The van der Waals surface area contributed by atoms with E-state index in [0.29, 0.717) is 17.5 Å². The van der Waals surface area contributed by atoms with Crippen molar-refractivity contribution in [3.8, 4) is 0 Å². The third-order valence-corrected chi connectivity index (χ3v) is 6.52. The van der Waals surface area contributed by atoms with Crippen molar-refractivity contribution in [1.29, 1.82) is 0 Å². The van der Waals surface area contributed by atoms with Crippen LogP contribution in [0.1, 0.15) is 38.8 Å². The van der Waals surface area contributed by atoms with Crippen LogP contribution in [0.2, 0.25) is 0 Å². The van der Waals surface area contributed by atoms with Gasteiger partial charge in [0.2, 0.25) is 5.91 Å². The van der Waals surface area contributed by atoms with Crippen molar-refractivity contribution in [3.63, 3.8) is 0 Å². The monoisotopic (exact) mass is 433 g/mol. The lowest BCUT2D eigenvalue weighted by Crippen LogP contribution is -2.32. The fourth-order valence-electron chi connectivity index (χ4n) is 3.72. The third kappa shape index (κ3) is 5.13. The van der Waals surface area contributed by atoms with E-state index in [-0.39, 0.29) is 0 Å². The van der Waals surface area contributed by atoms with Gasteiger partial charge in [0.1, 0.15) is 6.16 Å². The van der Waals surface area contributed by atoms with E-state index in [0.717, 1.165) is 33.9 Å². The van der Waals surface area contributed by atoms with E-state index >= 15 is 0 Å². The van der Waals surface area contributed by atoms with E-state index in [9.17, 15) is 19.1 Å². The first-order valence-corrected chi connectivity index (χ1v) is 12.5. The number of hydrogen-bond acceptors (Lipinski definition) is 3. The van der Waals surface area contributed by atoms with Gasteiger partial charge in [-0.15, -0.1) is 0 Å². The van der Waals surface area contributed by atoms with Gasteiger partial charge < -0.3 is 9.79 Å². The second kappa shape index (κ2) is 8.65. The molecule has 0 aromatic heterocycles. The largest absolute Gasteiger partial charge is 0.334 e. The Morgan fingerprint density at radius 2 is 1.66 bits per heavy atom. The number of nitrogens with zero attached hydrogens (tertiary/aromatic N) is 1. The predicted octanol–water partition coefficient (Wildman–Crippen LogP) is 5.39. The van der Waals surface area contributed by atoms with Crippen LogP contribution in [-0.4, -0.2) is 21.9 Å². The maximum atomic E-state index is 13.1. The summed E-state index contributed by atoms with van der Waals surface area (Å²) in [5, 5.41) is 0. The maximum Gasteiger partial charge on any atom is 0.334 e. The first-order valence-electron chi connectivity index (χ1n) is 9.86. The van der Waals surface area contributed by atoms with Crippen LogP contribution >= 0.6 is 19.4 Å². The highest BCUT2D eigenvalue weighted by atomic mass is 32.2.